The van der Waals surface area contributed by atoms with E-state index in [-0.39, 0.29) is 17.6 Å². The van der Waals surface area contributed by atoms with Crippen molar-refractivity contribution in [2.45, 2.75) is 45.1 Å². The lowest BCUT2D eigenvalue weighted by Crippen LogP contribution is -2.41. The number of hydrogen-bond donors (Lipinski definition) is 1. The number of halogens is 3. The van der Waals surface area contributed by atoms with Gasteiger partial charge < -0.3 is 10.1 Å². The first-order valence-electron chi connectivity index (χ1n) is 8.96. The first kappa shape index (κ1) is 19.4. The summed E-state index contributed by atoms with van der Waals surface area (Å²) in [5.41, 5.74) is -0.542. The van der Waals surface area contributed by atoms with E-state index >= 15 is 0 Å². The molecule has 4 atom stereocenters. The molecule has 3 rings (SSSR count). The topological polar surface area (TPSA) is 72.5 Å². The number of nitrogens with one attached hydrogen (secondary N) is 1. The number of Topliss-reactive ketones (excluding diaryl/α,β-unsaturated/α-hetero) is 1. The molecule has 1 aromatic carbocycles. The number of ketones is 1. The monoisotopic (exact) mass is 383 g/mol. The fourth-order valence-electron chi connectivity index (χ4n) is 3.85. The molecule has 0 saturated heterocycles. The highest BCUT2D eigenvalue weighted by Gasteiger charge is 2.42. The van der Waals surface area contributed by atoms with Crippen LogP contribution in [-0.4, -0.2) is 23.8 Å². The normalized spacial score (nSPS) is 25.6. The molecule has 27 heavy (non-hydrogen) atoms. The van der Waals surface area contributed by atoms with Crippen LogP contribution in [0.25, 0.3) is 0 Å². The molecule has 2 saturated carbocycles. The summed E-state index contributed by atoms with van der Waals surface area (Å²) < 4.78 is 45.0. The van der Waals surface area contributed by atoms with Crippen LogP contribution < -0.4 is 5.32 Å². The molecular formula is C19H20F3NO4. The summed E-state index contributed by atoms with van der Waals surface area (Å²) in [4.78, 5) is 36.6. The summed E-state index contributed by atoms with van der Waals surface area (Å²) in [6.07, 6.45) is 2.10. The molecule has 0 radical (unpaired) electrons. The van der Waals surface area contributed by atoms with Gasteiger partial charge in [-0.1, -0.05) is 6.42 Å². The van der Waals surface area contributed by atoms with E-state index in [2.05, 4.69) is 5.32 Å². The molecule has 1 amide bonds. The van der Waals surface area contributed by atoms with Crippen LogP contribution in [0.2, 0.25) is 0 Å². The van der Waals surface area contributed by atoms with Crippen molar-refractivity contribution in [1.29, 1.82) is 0 Å². The Kier molecular flexibility index (Phi) is 5.53. The van der Waals surface area contributed by atoms with Crippen molar-refractivity contribution < 1.29 is 32.3 Å². The molecule has 2 bridgehead atoms. The maximum atomic E-state index is 13.6. The molecule has 1 N–H and O–H groups in total. The van der Waals surface area contributed by atoms with Crippen LogP contribution in [0.1, 0.15) is 39.0 Å². The van der Waals surface area contributed by atoms with E-state index in [4.69, 9.17) is 4.74 Å². The lowest BCUT2D eigenvalue weighted by molar-refractivity contribution is -0.161. The van der Waals surface area contributed by atoms with Gasteiger partial charge in [0.2, 0.25) is 0 Å². The van der Waals surface area contributed by atoms with Crippen LogP contribution in [0, 0.1) is 35.2 Å². The van der Waals surface area contributed by atoms with Crippen molar-refractivity contribution in [2.75, 3.05) is 5.32 Å². The van der Waals surface area contributed by atoms with Gasteiger partial charge in [0.05, 0.1) is 11.6 Å². The molecular weight excluding hydrogens is 363 g/mol. The van der Waals surface area contributed by atoms with Crippen LogP contribution in [0.3, 0.4) is 0 Å². The van der Waals surface area contributed by atoms with Gasteiger partial charge in [0, 0.05) is 11.8 Å². The molecule has 2 fully saturated rings. The summed E-state index contributed by atoms with van der Waals surface area (Å²) in [5, 5.41) is 2.08. The SMILES string of the molecule is C[C@H](OC(=O)C1C[C@H]2CCC[C@@H](C1)C2=O)C(=O)Nc1ccc(F)c(F)c1F. The van der Waals surface area contributed by atoms with Crippen LogP contribution in [0.4, 0.5) is 18.9 Å². The van der Waals surface area contributed by atoms with E-state index < -0.39 is 47.0 Å². The molecule has 2 aliphatic carbocycles. The van der Waals surface area contributed by atoms with E-state index in [0.717, 1.165) is 25.3 Å². The van der Waals surface area contributed by atoms with E-state index in [1.54, 1.807) is 0 Å². The van der Waals surface area contributed by atoms with Gasteiger partial charge in [-0.2, -0.15) is 0 Å². The maximum absolute atomic E-state index is 13.6. The third-order valence-electron chi connectivity index (χ3n) is 5.34. The van der Waals surface area contributed by atoms with Crippen molar-refractivity contribution in [2.24, 2.45) is 17.8 Å². The van der Waals surface area contributed by atoms with E-state index in [0.29, 0.717) is 18.9 Å². The van der Waals surface area contributed by atoms with Gasteiger partial charge in [-0.05, 0) is 44.7 Å². The standard InChI is InChI=1S/C19H20F3NO4/c1-9(18(25)23-14-6-5-13(20)15(21)16(14)22)27-19(26)12-7-10-3-2-4-11(8-12)17(10)24/h5-6,9-12H,2-4,7-8H2,1H3,(H,23,25)/t9-,10-,11+,12?/m0/s1. The molecule has 1 aromatic rings. The van der Waals surface area contributed by atoms with Gasteiger partial charge in [-0.3, -0.25) is 14.4 Å². The quantitative estimate of drug-likeness (QED) is 0.639. The fraction of sp³-hybridized carbons (Fsp3) is 0.526. The molecule has 8 heteroatoms. The maximum Gasteiger partial charge on any atom is 0.309 e. The van der Waals surface area contributed by atoms with E-state index in [9.17, 15) is 27.6 Å². The van der Waals surface area contributed by atoms with Gasteiger partial charge >= 0.3 is 5.97 Å². The molecule has 146 valence electrons. The number of amides is 1. The van der Waals surface area contributed by atoms with Gasteiger partial charge in [-0.15, -0.1) is 0 Å². The smallest absolute Gasteiger partial charge is 0.309 e. The number of rotatable bonds is 4. The number of carbonyl (C=O) groups excluding carboxylic acids is 3. The zero-order valence-corrected chi connectivity index (χ0v) is 14.8. The first-order chi connectivity index (χ1) is 12.8. The second kappa shape index (κ2) is 7.70. The molecule has 0 aromatic heterocycles. The third-order valence-corrected chi connectivity index (χ3v) is 5.34. The van der Waals surface area contributed by atoms with Crippen LogP contribution in [-0.2, 0) is 19.1 Å². The average Bonchev–Trinajstić information content (AvgIpc) is 2.61. The Morgan fingerprint density at radius 1 is 1.11 bits per heavy atom. The highest BCUT2D eigenvalue weighted by Crippen LogP contribution is 2.40. The fourth-order valence-corrected chi connectivity index (χ4v) is 3.85. The van der Waals surface area contributed by atoms with Crippen molar-refractivity contribution in [3.8, 4) is 0 Å². The number of benzene rings is 1. The average molecular weight is 383 g/mol. The summed E-state index contributed by atoms with van der Waals surface area (Å²) in [7, 11) is 0. The lowest BCUT2D eigenvalue weighted by Gasteiger charge is -2.36. The lowest BCUT2D eigenvalue weighted by atomic mass is 9.67. The minimum Gasteiger partial charge on any atom is -0.452 e. The Labute approximate surface area is 154 Å². The first-order valence-corrected chi connectivity index (χ1v) is 8.96. The number of fused-ring (bicyclic) bond motifs is 2. The van der Waals surface area contributed by atoms with Crippen molar-refractivity contribution in [3.63, 3.8) is 0 Å². The third kappa shape index (κ3) is 3.99. The zero-order chi connectivity index (χ0) is 19.7. The van der Waals surface area contributed by atoms with Crippen LogP contribution >= 0.6 is 0 Å². The number of ether oxygens (including phenoxy) is 1. The van der Waals surface area contributed by atoms with Crippen molar-refractivity contribution >= 4 is 23.3 Å². The predicted octanol–water partition coefficient (Wildman–Crippen LogP) is 3.37. The molecule has 0 aliphatic heterocycles. The highest BCUT2D eigenvalue weighted by molar-refractivity contribution is 5.95. The molecule has 5 nitrogen and oxygen atoms in total. The Bertz CT molecular complexity index is 766. The summed E-state index contributed by atoms with van der Waals surface area (Å²) >= 11 is 0. The zero-order valence-electron chi connectivity index (χ0n) is 14.8. The molecule has 0 spiro atoms. The summed E-state index contributed by atoms with van der Waals surface area (Å²) in [5.74, 6) is -6.53. The molecule has 1 unspecified atom stereocenters. The van der Waals surface area contributed by atoms with Crippen molar-refractivity contribution in [1.82, 2.24) is 0 Å². The van der Waals surface area contributed by atoms with Gasteiger partial charge in [-0.25, -0.2) is 13.2 Å². The minimum atomic E-state index is -1.70. The minimum absolute atomic E-state index is 0.129. The van der Waals surface area contributed by atoms with Crippen LogP contribution in [0.5, 0.6) is 0 Å². The Balaban J connectivity index is 1.59. The summed E-state index contributed by atoms with van der Waals surface area (Å²) in [6.45, 7) is 1.31. The number of hydrogen-bond acceptors (Lipinski definition) is 4. The van der Waals surface area contributed by atoms with Crippen molar-refractivity contribution in [3.05, 3.63) is 29.6 Å². The van der Waals surface area contributed by atoms with Gasteiger partial charge in [0.25, 0.3) is 5.91 Å². The second-order valence-corrected chi connectivity index (χ2v) is 7.19. The number of carbonyl (C=O) groups is 3. The second-order valence-electron chi connectivity index (χ2n) is 7.19. The molecule has 0 heterocycles. The predicted molar refractivity (Wildman–Crippen MR) is 89.1 cm³/mol. The summed E-state index contributed by atoms with van der Waals surface area (Å²) in [6, 6.07) is 1.57. The van der Waals surface area contributed by atoms with Crippen LogP contribution in [0.15, 0.2) is 12.1 Å². The number of anilines is 1. The van der Waals surface area contributed by atoms with Gasteiger partial charge in [0.15, 0.2) is 23.6 Å². The van der Waals surface area contributed by atoms with E-state index in [1.165, 1.54) is 6.92 Å². The van der Waals surface area contributed by atoms with Gasteiger partial charge in [0.1, 0.15) is 5.78 Å². The highest BCUT2D eigenvalue weighted by atomic mass is 19.2. The Hall–Kier alpha value is -2.38. The Morgan fingerprint density at radius 3 is 2.37 bits per heavy atom. The largest absolute Gasteiger partial charge is 0.452 e. The Morgan fingerprint density at radius 2 is 1.74 bits per heavy atom. The molecule has 2 aliphatic rings. The van der Waals surface area contributed by atoms with E-state index in [1.807, 2.05) is 0 Å². The number of esters is 1.